The Kier molecular flexibility index (Phi) is 4.09. The fourth-order valence-corrected chi connectivity index (χ4v) is 3.82. The third kappa shape index (κ3) is 2.48. The van der Waals surface area contributed by atoms with Crippen molar-refractivity contribution in [1.82, 2.24) is 4.90 Å². The Labute approximate surface area is 133 Å². The van der Waals surface area contributed by atoms with E-state index >= 15 is 0 Å². The summed E-state index contributed by atoms with van der Waals surface area (Å²) in [6.07, 6.45) is 2.33. The lowest BCUT2D eigenvalue weighted by atomic mass is 9.85. The quantitative estimate of drug-likeness (QED) is 0.852. The van der Waals surface area contributed by atoms with E-state index in [9.17, 15) is 4.79 Å². The molecule has 3 rings (SSSR count). The lowest BCUT2D eigenvalue weighted by Gasteiger charge is -2.37. The van der Waals surface area contributed by atoms with Crippen LogP contribution in [0, 0.1) is 0 Å². The van der Waals surface area contributed by atoms with Crippen LogP contribution in [0.4, 0.5) is 0 Å². The van der Waals surface area contributed by atoms with Gasteiger partial charge in [0.15, 0.2) is 0 Å². The van der Waals surface area contributed by atoms with Gasteiger partial charge >= 0.3 is 0 Å². The summed E-state index contributed by atoms with van der Waals surface area (Å²) in [5.41, 5.74) is 5.02. The van der Waals surface area contributed by atoms with Crippen molar-refractivity contribution in [2.24, 2.45) is 0 Å². The number of carbonyl (C=O) groups is 1. The molecule has 1 aromatic carbocycles. The van der Waals surface area contributed by atoms with Gasteiger partial charge in [-0.25, -0.2) is 0 Å². The number of rotatable bonds is 4. The molecular weight excluding hydrogens is 274 g/mol. The summed E-state index contributed by atoms with van der Waals surface area (Å²) < 4.78 is 6.12. The summed E-state index contributed by atoms with van der Waals surface area (Å²) in [7, 11) is 0. The van der Waals surface area contributed by atoms with Gasteiger partial charge in [-0.1, -0.05) is 24.3 Å². The Hall–Kier alpha value is -1.61. The van der Waals surface area contributed by atoms with E-state index < -0.39 is 5.60 Å². The van der Waals surface area contributed by atoms with Crippen LogP contribution in [0.3, 0.4) is 0 Å². The molecule has 0 bridgehead atoms. The van der Waals surface area contributed by atoms with Crippen molar-refractivity contribution in [3.05, 3.63) is 41.0 Å². The molecule has 0 radical (unpaired) electrons. The molecule has 0 saturated heterocycles. The van der Waals surface area contributed by atoms with E-state index in [0.29, 0.717) is 13.0 Å². The van der Waals surface area contributed by atoms with E-state index in [0.717, 1.165) is 25.9 Å². The maximum Gasteiger partial charge on any atom is 0.225 e. The largest absolute Gasteiger partial charge is 0.370 e. The van der Waals surface area contributed by atoms with Crippen LogP contribution in [0.1, 0.15) is 44.7 Å². The molecule has 0 N–H and O–H groups in total. The summed E-state index contributed by atoms with van der Waals surface area (Å²) in [6, 6.07) is 8.59. The van der Waals surface area contributed by atoms with Crippen molar-refractivity contribution >= 4 is 11.5 Å². The zero-order valence-electron chi connectivity index (χ0n) is 13.8. The predicted octanol–water partition coefficient (Wildman–Crippen LogP) is 3.43. The Morgan fingerprint density at radius 2 is 2.00 bits per heavy atom. The highest BCUT2D eigenvalue weighted by Gasteiger charge is 2.41. The Balaban J connectivity index is 1.89. The summed E-state index contributed by atoms with van der Waals surface area (Å²) in [6.45, 7) is 8.38. The van der Waals surface area contributed by atoms with Crippen LogP contribution in [0.25, 0.3) is 5.57 Å². The SMILES string of the molecule is CCN(CC)C(=O)CC1(C)OCCC2=C1Cc1ccccc12. The van der Waals surface area contributed by atoms with Crippen LogP contribution in [0.2, 0.25) is 0 Å². The van der Waals surface area contributed by atoms with Gasteiger partial charge in [-0.15, -0.1) is 0 Å². The summed E-state index contributed by atoms with van der Waals surface area (Å²) >= 11 is 0. The molecule has 2 aliphatic rings. The van der Waals surface area contributed by atoms with Crippen LogP contribution in [0.5, 0.6) is 0 Å². The van der Waals surface area contributed by atoms with Gasteiger partial charge in [0.05, 0.1) is 18.6 Å². The monoisotopic (exact) mass is 299 g/mol. The second kappa shape index (κ2) is 5.88. The van der Waals surface area contributed by atoms with Gasteiger partial charge in [0.1, 0.15) is 0 Å². The summed E-state index contributed by atoms with van der Waals surface area (Å²) in [4.78, 5) is 14.5. The first-order chi connectivity index (χ1) is 10.6. The average Bonchev–Trinajstić information content (AvgIpc) is 2.89. The number of benzene rings is 1. The molecule has 1 unspecified atom stereocenters. The van der Waals surface area contributed by atoms with Gasteiger partial charge < -0.3 is 9.64 Å². The van der Waals surface area contributed by atoms with Crippen molar-refractivity contribution < 1.29 is 9.53 Å². The van der Waals surface area contributed by atoms with Gasteiger partial charge in [0.2, 0.25) is 5.91 Å². The lowest BCUT2D eigenvalue weighted by Crippen LogP contribution is -2.42. The maximum absolute atomic E-state index is 12.6. The first-order valence-electron chi connectivity index (χ1n) is 8.31. The minimum absolute atomic E-state index is 0.192. The van der Waals surface area contributed by atoms with Gasteiger partial charge in [0, 0.05) is 13.1 Å². The molecule has 3 heteroatoms. The highest BCUT2D eigenvalue weighted by atomic mass is 16.5. The van der Waals surface area contributed by atoms with Crippen LogP contribution in [-0.4, -0.2) is 36.1 Å². The molecule has 1 atom stereocenters. The summed E-state index contributed by atoms with van der Waals surface area (Å²) in [5.74, 6) is 0.192. The van der Waals surface area contributed by atoms with Crippen LogP contribution in [-0.2, 0) is 16.0 Å². The van der Waals surface area contributed by atoms with Crippen LogP contribution >= 0.6 is 0 Å². The molecule has 1 heterocycles. The first-order valence-corrected chi connectivity index (χ1v) is 8.31. The molecule has 118 valence electrons. The van der Waals surface area contributed by atoms with Crippen molar-refractivity contribution in [3.8, 4) is 0 Å². The van der Waals surface area contributed by atoms with Crippen LogP contribution in [0.15, 0.2) is 29.8 Å². The zero-order chi connectivity index (χ0) is 15.7. The molecule has 0 fully saturated rings. The van der Waals surface area contributed by atoms with E-state index in [4.69, 9.17) is 4.74 Å². The predicted molar refractivity (Wildman–Crippen MR) is 88.6 cm³/mol. The van der Waals surface area contributed by atoms with E-state index in [1.54, 1.807) is 0 Å². The zero-order valence-corrected chi connectivity index (χ0v) is 13.8. The van der Waals surface area contributed by atoms with Gasteiger partial charge in [-0.2, -0.15) is 0 Å². The molecular formula is C19H25NO2. The fraction of sp³-hybridized carbons (Fsp3) is 0.526. The number of nitrogens with zero attached hydrogens (tertiary/aromatic N) is 1. The molecule has 1 aliphatic carbocycles. The molecule has 3 nitrogen and oxygen atoms in total. The molecule has 0 aromatic heterocycles. The van der Waals surface area contributed by atoms with Crippen molar-refractivity contribution in [3.63, 3.8) is 0 Å². The minimum Gasteiger partial charge on any atom is -0.370 e. The fourth-order valence-electron chi connectivity index (χ4n) is 3.82. The molecule has 0 saturated carbocycles. The third-order valence-corrected chi connectivity index (χ3v) is 5.09. The number of hydrogen-bond acceptors (Lipinski definition) is 2. The van der Waals surface area contributed by atoms with Gasteiger partial charge in [-0.3, -0.25) is 4.79 Å². The molecule has 0 spiro atoms. The highest BCUT2D eigenvalue weighted by molar-refractivity contribution is 5.82. The van der Waals surface area contributed by atoms with Crippen molar-refractivity contribution in [2.45, 2.75) is 45.6 Å². The van der Waals surface area contributed by atoms with Gasteiger partial charge in [0.25, 0.3) is 0 Å². The normalized spacial score (nSPS) is 23.2. The van der Waals surface area contributed by atoms with E-state index in [1.165, 1.54) is 22.3 Å². The highest BCUT2D eigenvalue weighted by Crippen LogP contribution is 2.45. The first kappa shape index (κ1) is 15.3. The third-order valence-electron chi connectivity index (χ3n) is 5.09. The standard InChI is InChI=1S/C19H25NO2/c1-4-20(5-2)18(21)13-19(3)17-12-14-8-6-7-9-15(14)16(17)10-11-22-19/h6-9H,4-5,10-13H2,1-3H3. The number of ether oxygens (including phenoxy) is 1. The topological polar surface area (TPSA) is 29.5 Å². The molecule has 1 amide bonds. The van der Waals surface area contributed by atoms with Crippen LogP contribution < -0.4 is 0 Å². The van der Waals surface area contributed by atoms with Crippen molar-refractivity contribution in [1.29, 1.82) is 0 Å². The maximum atomic E-state index is 12.6. The average molecular weight is 299 g/mol. The van der Waals surface area contributed by atoms with Crippen molar-refractivity contribution in [2.75, 3.05) is 19.7 Å². The smallest absolute Gasteiger partial charge is 0.225 e. The van der Waals surface area contributed by atoms with E-state index in [2.05, 4.69) is 31.2 Å². The Bertz CT molecular complexity index is 616. The number of hydrogen-bond donors (Lipinski definition) is 0. The lowest BCUT2D eigenvalue weighted by molar-refractivity contribution is -0.136. The summed E-state index contributed by atoms with van der Waals surface area (Å²) in [5, 5.41) is 0. The second-order valence-electron chi connectivity index (χ2n) is 6.36. The van der Waals surface area contributed by atoms with Gasteiger partial charge in [-0.05, 0) is 55.9 Å². The minimum atomic E-state index is -0.452. The second-order valence-corrected chi connectivity index (χ2v) is 6.36. The van der Waals surface area contributed by atoms with E-state index in [1.807, 2.05) is 18.7 Å². The van der Waals surface area contributed by atoms with E-state index in [-0.39, 0.29) is 5.91 Å². The molecule has 1 aromatic rings. The number of fused-ring (bicyclic) bond motifs is 2. The Morgan fingerprint density at radius 3 is 2.73 bits per heavy atom. The molecule has 22 heavy (non-hydrogen) atoms. The number of amides is 1. The Morgan fingerprint density at radius 1 is 1.27 bits per heavy atom. The molecule has 1 aliphatic heterocycles. The number of carbonyl (C=O) groups excluding carboxylic acids is 1.